The number of ether oxygens (including phenoxy) is 1. The van der Waals surface area contributed by atoms with Crippen LogP contribution in [0.3, 0.4) is 0 Å². The maximum absolute atomic E-state index is 12.9. The minimum atomic E-state index is -1.15. The molecule has 2 N–H and O–H groups in total. The summed E-state index contributed by atoms with van der Waals surface area (Å²) in [4.78, 5) is 49.5. The van der Waals surface area contributed by atoms with E-state index in [1.807, 2.05) is 0 Å². The van der Waals surface area contributed by atoms with Crippen molar-refractivity contribution in [3.63, 3.8) is 0 Å². The summed E-state index contributed by atoms with van der Waals surface area (Å²) < 4.78 is 17.9. The summed E-state index contributed by atoms with van der Waals surface area (Å²) in [7, 11) is 0. The molecule has 0 radical (unpaired) electrons. The highest BCUT2D eigenvalue weighted by molar-refractivity contribution is 6.09. The molecular weight excluding hydrogens is 357 g/mol. The molecule has 1 spiro atoms. The van der Waals surface area contributed by atoms with E-state index in [0.717, 1.165) is 17.7 Å². The molecule has 1 aromatic rings. The van der Waals surface area contributed by atoms with E-state index in [1.54, 1.807) is 0 Å². The first-order valence-electron chi connectivity index (χ1n) is 8.71. The van der Waals surface area contributed by atoms with Crippen LogP contribution in [0, 0.1) is 5.82 Å². The van der Waals surface area contributed by atoms with Gasteiger partial charge >= 0.3 is 12.0 Å². The van der Waals surface area contributed by atoms with Crippen LogP contribution in [-0.2, 0) is 19.1 Å². The van der Waals surface area contributed by atoms with Crippen LogP contribution in [0.2, 0.25) is 0 Å². The van der Waals surface area contributed by atoms with Gasteiger partial charge in [-0.15, -0.1) is 0 Å². The molecule has 0 unspecified atom stereocenters. The van der Waals surface area contributed by atoms with Crippen LogP contribution in [0.5, 0.6) is 0 Å². The highest BCUT2D eigenvalue weighted by Crippen LogP contribution is 2.34. The lowest BCUT2D eigenvalue weighted by atomic mass is 9.98. The topological polar surface area (TPSA) is 105 Å². The molecule has 1 aliphatic heterocycles. The number of anilines is 1. The van der Waals surface area contributed by atoms with Gasteiger partial charge in [-0.2, -0.15) is 0 Å². The Morgan fingerprint density at radius 2 is 1.89 bits per heavy atom. The summed E-state index contributed by atoms with van der Waals surface area (Å²) in [5, 5.41) is 5.15. The number of esters is 1. The van der Waals surface area contributed by atoms with Crippen LogP contribution in [-0.4, -0.2) is 46.9 Å². The number of carbonyl (C=O) groups is 4. The number of carbonyl (C=O) groups excluding carboxylic acids is 4. The number of nitrogens with zero attached hydrogens (tertiary/aromatic N) is 1. The van der Waals surface area contributed by atoms with Crippen molar-refractivity contribution in [3.05, 3.63) is 30.1 Å². The fourth-order valence-electron chi connectivity index (χ4n) is 3.33. The Kier molecular flexibility index (Phi) is 5.11. The highest BCUT2D eigenvalue weighted by atomic mass is 19.1. The zero-order valence-electron chi connectivity index (χ0n) is 14.8. The van der Waals surface area contributed by atoms with Crippen molar-refractivity contribution in [1.29, 1.82) is 0 Å². The van der Waals surface area contributed by atoms with E-state index in [9.17, 15) is 23.6 Å². The van der Waals surface area contributed by atoms with Gasteiger partial charge in [0.15, 0.2) is 6.10 Å². The minimum absolute atomic E-state index is 0.349. The van der Waals surface area contributed by atoms with Gasteiger partial charge in [0.2, 0.25) is 0 Å². The van der Waals surface area contributed by atoms with Gasteiger partial charge in [-0.05, 0) is 44.0 Å². The SMILES string of the molecule is C[C@@H](OC(=O)CN1C(=O)NC2(CCCC2)C1=O)C(=O)Nc1ccc(F)cc1. The van der Waals surface area contributed by atoms with Crippen molar-refractivity contribution in [1.82, 2.24) is 10.2 Å². The fraction of sp³-hybridized carbons (Fsp3) is 0.444. The van der Waals surface area contributed by atoms with Crippen LogP contribution in [0.4, 0.5) is 14.9 Å². The second-order valence-electron chi connectivity index (χ2n) is 6.74. The maximum atomic E-state index is 12.9. The Bertz CT molecular complexity index is 774. The fourth-order valence-corrected chi connectivity index (χ4v) is 3.33. The Morgan fingerprint density at radius 3 is 2.52 bits per heavy atom. The van der Waals surface area contributed by atoms with Gasteiger partial charge in [-0.3, -0.25) is 19.3 Å². The Balaban J connectivity index is 1.54. The van der Waals surface area contributed by atoms with E-state index >= 15 is 0 Å². The van der Waals surface area contributed by atoms with Gasteiger partial charge in [-0.25, -0.2) is 9.18 Å². The number of halogens is 1. The summed E-state index contributed by atoms with van der Waals surface area (Å²) >= 11 is 0. The van der Waals surface area contributed by atoms with E-state index in [-0.39, 0.29) is 0 Å². The third-order valence-electron chi connectivity index (χ3n) is 4.78. The zero-order chi connectivity index (χ0) is 19.6. The molecular formula is C18H20FN3O5. The lowest BCUT2D eigenvalue weighted by molar-refractivity contribution is -0.155. The average molecular weight is 377 g/mol. The maximum Gasteiger partial charge on any atom is 0.327 e. The summed E-state index contributed by atoms with van der Waals surface area (Å²) in [5.74, 6) is -2.35. The van der Waals surface area contributed by atoms with Crippen LogP contribution in [0.25, 0.3) is 0 Å². The van der Waals surface area contributed by atoms with Crippen LogP contribution in [0.15, 0.2) is 24.3 Å². The molecule has 8 nitrogen and oxygen atoms in total. The molecule has 2 aliphatic rings. The predicted octanol–water partition coefficient (Wildman–Crippen LogP) is 1.56. The summed E-state index contributed by atoms with van der Waals surface area (Å²) in [6.07, 6.45) is 1.64. The highest BCUT2D eigenvalue weighted by Gasteiger charge is 2.52. The van der Waals surface area contributed by atoms with Crippen molar-refractivity contribution >= 4 is 29.5 Å². The van der Waals surface area contributed by atoms with Crippen molar-refractivity contribution in [2.24, 2.45) is 0 Å². The van der Waals surface area contributed by atoms with Crippen LogP contribution in [0.1, 0.15) is 32.6 Å². The first kappa shape index (κ1) is 18.8. The van der Waals surface area contributed by atoms with Gasteiger partial charge in [0.25, 0.3) is 11.8 Å². The molecule has 1 heterocycles. The number of urea groups is 1. The van der Waals surface area contributed by atoms with Crippen LogP contribution >= 0.6 is 0 Å². The van der Waals surface area contributed by atoms with E-state index in [4.69, 9.17) is 4.74 Å². The number of imide groups is 1. The monoisotopic (exact) mass is 377 g/mol. The molecule has 1 atom stereocenters. The molecule has 1 aliphatic carbocycles. The van der Waals surface area contributed by atoms with Crippen molar-refractivity contribution in [2.45, 2.75) is 44.2 Å². The molecule has 1 saturated heterocycles. The first-order chi connectivity index (χ1) is 12.8. The zero-order valence-corrected chi connectivity index (χ0v) is 14.8. The summed E-state index contributed by atoms with van der Waals surface area (Å²) in [5.41, 5.74) is -0.551. The number of amides is 4. The van der Waals surface area contributed by atoms with E-state index in [1.165, 1.54) is 31.2 Å². The van der Waals surface area contributed by atoms with E-state index < -0.39 is 47.8 Å². The van der Waals surface area contributed by atoms with Gasteiger partial charge in [0.05, 0.1) is 0 Å². The van der Waals surface area contributed by atoms with Gasteiger partial charge in [-0.1, -0.05) is 12.8 Å². The second-order valence-corrected chi connectivity index (χ2v) is 6.74. The number of hydrogen-bond donors (Lipinski definition) is 2. The Morgan fingerprint density at radius 1 is 1.26 bits per heavy atom. The molecule has 9 heteroatoms. The van der Waals surface area contributed by atoms with Gasteiger partial charge in [0, 0.05) is 5.69 Å². The predicted molar refractivity (Wildman–Crippen MR) is 92.0 cm³/mol. The van der Waals surface area contributed by atoms with Gasteiger partial charge < -0.3 is 15.4 Å². The molecule has 1 saturated carbocycles. The molecule has 1 aromatic carbocycles. The Hall–Kier alpha value is -2.97. The standard InChI is InChI=1S/C18H20FN3O5/c1-11(15(24)20-13-6-4-12(19)5-7-13)27-14(23)10-22-16(25)18(21-17(22)26)8-2-3-9-18/h4-7,11H,2-3,8-10H2,1H3,(H,20,24)(H,21,26)/t11-/m1/s1. The van der Waals surface area contributed by atoms with E-state index in [0.29, 0.717) is 18.5 Å². The summed E-state index contributed by atoms with van der Waals surface area (Å²) in [6, 6.07) is 4.49. The molecule has 3 rings (SSSR count). The number of rotatable bonds is 5. The smallest absolute Gasteiger partial charge is 0.327 e. The van der Waals surface area contributed by atoms with Crippen LogP contribution < -0.4 is 10.6 Å². The Labute approximate surface area is 155 Å². The van der Waals surface area contributed by atoms with Gasteiger partial charge in [0.1, 0.15) is 17.9 Å². The molecule has 4 amide bonds. The number of hydrogen-bond acceptors (Lipinski definition) is 5. The van der Waals surface area contributed by atoms with Crippen molar-refractivity contribution < 1.29 is 28.3 Å². The molecule has 0 bridgehead atoms. The average Bonchev–Trinajstić information content (AvgIpc) is 3.18. The van der Waals surface area contributed by atoms with E-state index in [2.05, 4.69) is 10.6 Å². The minimum Gasteiger partial charge on any atom is -0.451 e. The summed E-state index contributed by atoms with van der Waals surface area (Å²) in [6.45, 7) is 0.807. The normalized spacial score (nSPS) is 19.1. The number of nitrogens with one attached hydrogen (secondary N) is 2. The second kappa shape index (κ2) is 7.34. The largest absolute Gasteiger partial charge is 0.451 e. The van der Waals surface area contributed by atoms with Crippen molar-refractivity contribution in [3.8, 4) is 0 Å². The molecule has 144 valence electrons. The molecule has 0 aromatic heterocycles. The third-order valence-corrected chi connectivity index (χ3v) is 4.78. The quantitative estimate of drug-likeness (QED) is 0.599. The number of benzene rings is 1. The molecule has 2 fully saturated rings. The lowest BCUT2D eigenvalue weighted by Gasteiger charge is -2.20. The molecule has 27 heavy (non-hydrogen) atoms. The lowest BCUT2D eigenvalue weighted by Crippen LogP contribution is -2.44. The first-order valence-corrected chi connectivity index (χ1v) is 8.71. The third kappa shape index (κ3) is 3.91. The van der Waals surface area contributed by atoms with Crippen molar-refractivity contribution in [2.75, 3.05) is 11.9 Å².